The van der Waals surface area contributed by atoms with Gasteiger partial charge in [-0.15, -0.1) is 0 Å². The van der Waals surface area contributed by atoms with Crippen molar-refractivity contribution in [3.63, 3.8) is 0 Å². The molecule has 172 valence electrons. The van der Waals surface area contributed by atoms with E-state index in [0.29, 0.717) is 24.2 Å². The Morgan fingerprint density at radius 2 is 1.69 bits per heavy atom. The molecule has 0 saturated carbocycles. The third-order valence-corrected chi connectivity index (χ3v) is 8.10. The summed E-state index contributed by atoms with van der Waals surface area (Å²) in [4.78, 5) is 40.1. The largest absolute Gasteiger partial charge is 0.338 e. The molecule has 4 rings (SSSR count). The zero-order chi connectivity index (χ0) is 23.0. The fourth-order valence-corrected chi connectivity index (χ4v) is 5.76. The summed E-state index contributed by atoms with van der Waals surface area (Å²) in [5.74, 6) is -0.391. The van der Waals surface area contributed by atoms with Crippen molar-refractivity contribution >= 4 is 15.9 Å². The zero-order valence-corrected chi connectivity index (χ0v) is 18.8. The van der Waals surface area contributed by atoms with Crippen molar-refractivity contribution in [2.45, 2.75) is 44.3 Å². The summed E-state index contributed by atoms with van der Waals surface area (Å²) in [5.41, 5.74) is 6.75. The smallest absolute Gasteiger partial charge is 0.331 e. The molecule has 1 saturated heterocycles. The van der Waals surface area contributed by atoms with E-state index in [1.165, 1.54) is 13.8 Å². The van der Waals surface area contributed by atoms with E-state index in [-0.39, 0.29) is 44.2 Å². The second-order valence-electron chi connectivity index (χ2n) is 8.16. The SMILES string of the molecule is Cc1ccc(S(=O)(=O)N2CCN(C(=O)Cn3c(=O)c(CN)c4n(c3=O)CCC4)CC2)cc1. The summed E-state index contributed by atoms with van der Waals surface area (Å²) in [5, 5.41) is 0. The van der Waals surface area contributed by atoms with Crippen LogP contribution >= 0.6 is 0 Å². The number of hydrogen-bond donors (Lipinski definition) is 1. The summed E-state index contributed by atoms with van der Waals surface area (Å²) in [6.07, 6.45) is 1.39. The Kier molecular flexibility index (Phi) is 6.06. The molecule has 1 aromatic carbocycles. The standard InChI is InChI=1S/C21H27N5O5S/c1-15-4-6-16(7-5-15)32(30,31)24-11-9-23(10-12-24)19(27)14-26-20(28)17(13-22)18-3-2-8-25(18)21(26)29/h4-7H,2-3,8-14,22H2,1H3. The number of aromatic nitrogens is 2. The molecule has 0 aliphatic carbocycles. The van der Waals surface area contributed by atoms with Crippen LogP contribution in [-0.2, 0) is 40.9 Å². The molecule has 2 aliphatic heterocycles. The van der Waals surface area contributed by atoms with Gasteiger partial charge in [-0.05, 0) is 31.9 Å². The van der Waals surface area contributed by atoms with Crippen LogP contribution < -0.4 is 17.0 Å². The van der Waals surface area contributed by atoms with E-state index < -0.39 is 27.2 Å². The zero-order valence-electron chi connectivity index (χ0n) is 18.0. The van der Waals surface area contributed by atoms with Crippen LogP contribution in [0.2, 0.25) is 0 Å². The minimum Gasteiger partial charge on any atom is -0.338 e. The first-order chi connectivity index (χ1) is 15.2. The molecule has 0 unspecified atom stereocenters. The molecule has 0 atom stereocenters. The quantitative estimate of drug-likeness (QED) is 0.625. The van der Waals surface area contributed by atoms with E-state index in [2.05, 4.69) is 0 Å². The minimum absolute atomic E-state index is 0.0121. The predicted molar refractivity (Wildman–Crippen MR) is 118 cm³/mol. The van der Waals surface area contributed by atoms with Crippen LogP contribution in [-0.4, -0.2) is 58.8 Å². The summed E-state index contributed by atoms with van der Waals surface area (Å²) in [7, 11) is -3.64. The summed E-state index contributed by atoms with van der Waals surface area (Å²) < 4.78 is 29.5. The highest BCUT2D eigenvalue weighted by Gasteiger charge is 2.31. The number of benzene rings is 1. The van der Waals surface area contributed by atoms with Gasteiger partial charge < -0.3 is 10.6 Å². The van der Waals surface area contributed by atoms with E-state index >= 15 is 0 Å². The Balaban J connectivity index is 1.48. The van der Waals surface area contributed by atoms with Crippen molar-refractivity contribution in [2.75, 3.05) is 26.2 Å². The van der Waals surface area contributed by atoms with Crippen LogP contribution in [0.5, 0.6) is 0 Å². The number of fused-ring (bicyclic) bond motifs is 1. The first kappa shape index (κ1) is 22.4. The van der Waals surface area contributed by atoms with E-state index in [0.717, 1.165) is 16.6 Å². The molecular formula is C21H27N5O5S. The number of rotatable bonds is 5. The van der Waals surface area contributed by atoms with Crippen LogP contribution in [0.3, 0.4) is 0 Å². The topological polar surface area (TPSA) is 128 Å². The number of nitrogens with two attached hydrogens (primary N) is 1. The summed E-state index contributed by atoms with van der Waals surface area (Å²) in [6.45, 7) is 2.69. The van der Waals surface area contributed by atoms with Crippen LogP contribution in [0, 0.1) is 6.92 Å². The number of sulfonamides is 1. The second-order valence-corrected chi connectivity index (χ2v) is 10.1. The van der Waals surface area contributed by atoms with Gasteiger partial charge in [-0.25, -0.2) is 13.2 Å². The molecule has 2 N–H and O–H groups in total. The second kappa shape index (κ2) is 8.64. The Labute approximate surface area is 185 Å². The number of carbonyl (C=O) groups is 1. The van der Waals surface area contributed by atoms with Crippen LogP contribution in [0.4, 0.5) is 0 Å². The van der Waals surface area contributed by atoms with E-state index in [4.69, 9.17) is 5.73 Å². The Bertz CT molecular complexity index is 1260. The van der Waals surface area contributed by atoms with Crippen LogP contribution in [0.25, 0.3) is 0 Å². The van der Waals surface area contributed by atoms with Gasteiger partial charge in [0.15, 0.2) is 0 Å². The highest BCUT2D eigenvalue weighted by atomic mass is 32.2. The average Bonchev–Trinajstić information content (AvgIpc) is 3.27. The molecule has 1 aromatic heterocycles. The van der Waals surface area contributed by atoms with Crippen molar-refractivity contribution in [3.8, 4) is 0 Å². The van der Waals surface area contributed by atoms with Gasteiger partial charge in [-0.2, -0.15) is 4.31 Å². The van der Waals surface area contributed by atoms with Crippen molar-refractivity contribution < 1.29 is 13.2 Å². The van der Waals surface area contributed by atoms with Gasteiger partial charge in [0.05, 0.1) is 10.5 Å². The number of nitrogens with zero attached hydrogens (tertiary/aromatic N) is 4. The molecule has 2 aliphatic rings. The maximum Gasteiger partial charge on any atom is 0.331 e. The molecule has 1 fully saturated rings. The summed E-state index contributed by atoms with van der Waals surface area (Å²) >= 11 is 0. The van der Waals surface area contributed by atoms with Crippen molar-refractivity contribution in [3.05, 3.63) is 61.9 Å². The normalized spacial score (nSPS) is 16.9. The van der Waals surface area contributed by atoms with Crippen molar-refractivity contribution in [1.82, 2.24) is 18.3 Å². The van der Waals surface area contributed by atoms with Crippen molar-refractivity contribution in [2.24, 2.45) is 5.73 Å². The maximum atomic E-state index is 12.9. The number of piperazine rings is 1. The molecule has 0 radical (unpaired) electrons. The lowest BCUT2D eigenvalue weighted by atomic mass is 10.2. The fraction of sp³-hybridized carbons (Fsp3) is 0.476. The Morgan fingerprint density at radius 1 is 1.03 bits per heavy atom. The fourth-order valence-electron chi connectivity index (χ4n) is 4.34. The molecule has 2 aromatic rings. The molecule has 3 heterocycles. The molecule has 0 bridgehead atoms. The number of carbonyl (C=O) groups excluding carboxylic acids is 1. The monoisotopic (exact) mass is 461 g/mol. The lowest BCUT2D eigenvalue weighted by Crippen LogP contribution is -2.53. The third-order valence-electron chi connectivity index (χ3n) is 6.18. The predicted octanol–water partition coefficient (Wildman–Crippen LogP) is -0.744. The van der Waals surface area contributed by atoms with Gasteiger partial charge in [0.25, 0.3) is 5.56 Å². The third kappa shape index (κ3) is 3.91. The maximum absolute atomic E-state index is 12.9. The molecular weight excluding hydrogens is 434 g/mol. The molecule has 0 spiro atoms. The lowest BCUT2D eigenvalue weighted by Gasteiger charge is -2.34. The molecule has 10 nitrogen and oxygen atoms in total. The number of aryl methyl sites for hydroxylation is 1. The number of amides is 1. The van der Waals surface area contributed by atoms with Gasteiger partial charge >= 0.3 is 5.69 Å². The van der Waals surface area contributed by atoms with Gasteiger partial charge in [0.1, 0.15) is 6.54 Å². The number of hydrogen-bond acceptors (Lipinski definition) is 6. The van der Waals surface area contributed by atoms with Crippen molar-refractivity contribution in [1.29, 1.82) is 0 Å². The highest BCUT2D eigenvalue weighted by Crippen LogP contribution is 2.18. The van der Waals surface area contributed by atoms with Gasteiger partial charge in [-0.3, -0.25) is 18.7 Å². The van der Waals surface area contributed by atoms with E-state index in [1.54, 1.807) is 24.3 Å². The van der Waals surface area contributed by atoms with Gasteiger partial charge in [0, 0.05) is 45.0 Å². The van der Waals surface area contributed by atoms with Gasteiger partial charge in [-0.1, -0.05) is 17.7 Å². The van der Waals surface area contributed by atoms with E-state index in [9.17, 15) is 22.8 Å². The minimum atomic E-state index is -3.64. The molecule has 11 heteroatoms. The highest BCUT2D eigenvalue weighted by molar-refractivity contribution is 7.89. The first-order valence-corrected chi connectivity index (χ1v) is 12.1. The van der Waals surface area contributed by atoms with E-state index in [1.807, 2.05) is 6.92 Å². The lowest BCUT2D eigenvalue weighted by molar-refractivity contribution is -0.133. The molecule has 1 amide bonds. The summed E-state index contributed by atoms with van der Waals surface area (Å²) in [6, 6.07) is 6.64. The Hall–Kier alpha value is -2.76. The first-order valence-electron chi connectivity index (χ1n) is 10.6. The van der Waals surface area contributed by atoms with Gasteiger partial charge in [0.2, 0.25) is 15.9 Å². The Morgan fingerprint density at radius 3 is 2.31 bits per heavy atom. The van der Waals surface area contributed by atoms with Crippen LogP contribution in [0.1, 0.15) is 23.2 Å². The van der Waals surface area contributed by atoms with Crippen LogP contribution in [0.15, 0.2) is 38.8 Å². The molecule has 32 heavy (non-hydrogen) atoms. The average molecular weight is 462 g/mol.